The molecule has 0 aromatic carbocycles. The SMILES string of the molecule is CCCNC12CN3CN(CN(C3)C1)C2. The Morgan fingerprint density at radius 2 is 1.50 bits per heavy atom. The predicted molar refractivity (Wildman–Crippen MR) is 55.7 cm³/mol. The minimum atomic E-state index is 0.380. The molecule has 0 amide bonds. The van der Waals surface area contributed by atoms with Crippen molar-refractivity contribution in [3.63, 3.8) is 0 Å². The van der Waals surface area contributed by atoms with Gasteiger partial charge in [-0.3, -0.25) is 14.7 Å². The van der Waals surface area contributed by atoms with Gasteiger partial charge in [-0.05, 0) is 13.0 Å². The monoisotopic (exact) mass is 196 g/mol. The molecule has 4 aliphatic heterocycles. The molecule has 4 nitrogen and oxygen atoms in total. The van der Waals surface area contributed by atoms with E-state index in [1.807, 2.05) is 0 Å². The lowest BCUT2D eigenvalue weighted by molar-refractivity contribution is -0.149. The van der Waals surface area contributed by atoms with E-state index in [1.54, 1.807) is 0 Å². The van der Waals surface area contributed by atoms with E-state index in [9.17, 15) is 0 Å². The molecule has 1 N–H and O–H groups in total. The highest BCUT2D eigenvalue weighted by Crippen LogP contribution is 2.28. The lowest BCUT2D eigenvalue weighted by Crippen LogP contribution is -2.79. The smallest absolute Gasteiger partial charge is 0.0569 e. The molecule has 0 atom stereocenters. The zero-order valence-corrected chi connectivity index (χ0v) is 9.00. The zero-order valence-electron chi connectivity index (χ0n) is 9.00. The fourth-order valence-electron chi connectivity index (χ4n) is 3.27. The summed E-state index contributed by atoms with van der Waals surface area (Å²) in [5, 5.41) is 3.75. The average Bonchev–Trinajstić information content (AvgIpc) is 2.12. The molecular formula is C10H20N4. The minimum Gasteiger partial charge on any atom is -0.308 e. The van der Waals surface area contributed by atoms with Gasteiger partial charge in [-0.15, -0.1) is 0 Å². The topological polar surface area (TPSA) is 21.8 Å². The Hall–Kier alpha value is -0.160. The zero-order chi connectivity index (χ0) is 9.60. The van der Waals surface area contributed by atoms with E-state index >= 15 is 0 Å². The Morgan fingerprint density at radius 3 is 1.93 bits per heavy atom. The van der Waals surface area contributed by atoms with E-state index in [2.05, 4.69) is 26.9 Å². The van der Waals surface area contributed by atoms with Crippen molar-refractivity contribution in [2.24, 2.45) is 0 Å². The van der Waals surface area contributed by atoms with Crippen LogP contribution in [0, 0.1) is 0 Å². The van der Waals surface area contributed by atoms with Crippen LogP contribution in [0.4, 0.5) is 0 Å². The summed E-state index contributed by atoms with van der Waals surface area (Å²) in [5.41, 5.74) is 0.380. The summed E-state index contributed by atoms with van der Waals surface area (Å²) >= 11 is 0. The third-order valence-electron chi connectivity index (χ3n) is 3.53. The largest absolute Gasteiger partial charge is 0.308 e. The normalized spacial score (nSPS) is 49.9. The van der Waals surface area contributed by atoms with Crippen molar-refractivity contribution < 1.29 is 0 Å². The average molecular weight is 196 g/mol. The number of hydrogen-bond donors (Lipinski definition) is 1. The standard InChI is InChI=1S/C10H20N4/c1-2-3-11-10-4-12-7-13(5-10)9-14(6-10)8-12/h11H,2-9H2,1H3. The molecule has 0 radical (unpaired) electrons. The molecule has 4 fully saturated rings. The van der Waals surface area contributed by atoms with Gasteiger partial charge in [0.2, 0.25) is 0 Å². The molecule has 80 valence electrons. The first-order chi connectivity index (χ1) is 6.80. The van der Waals surface area contributed by atoms with E-state index < -0.39 is 0 Å². The molecule has 4 heteroatoms. The van der Waals surface area contributed by atoms with E-state index in [-0.39, 0.29) is 0 Å². The lowest BCUT2D eigenvalue weighted by Gasteiger charge is -2.60. The summed E-state index contributed by atoms with van der Waals surface area (Å²) in [6, 6.07) is 0. The van der Waals surface area contributed by atoms with Crippen molar-refractivity contribution in [3.8, 4) is 0 Å². The van der Waals surface area contributed by atoms with Crippen LogP contribution in [-0.4, -0.2) is 66.4 Å². The van der Waals surface area contributed by atoms with Crippen molar-refractivity contribution in [2.45, 2.75) is 18.9 Å². The summed E-state index contributed by atoms with van der Waals surface area (Å²) in [7, 11) is 0. The van der Waals surface area contributed by atoms with Crippen molar-refractivity contribution >= 4 is 0 Å². The Balaban J connectivity index is 1.74. The Morgan fingerprint density at radius 1 is 1.00 bits per heavy atom. The summed E-state index contributed by atoms with van der Waals surface area (Å²) in [4.78, 5) is 7.66. The van der Waals surface area contributed by atoms with Gasteiger partial charge in [0.25, 0.3) is 0 Å². The predicted octanol–water partition coefficient (Wildman–Crippen LogP) is -0.456. The maximum Gasteiger partial charge on any atom is 0.0569 e. The molecule has 4 saturated heterocycles. The molecule has 14 heavy (non-hydrogen) atoms. The van der Waals surface area contributed by atoms with Crippen molar-refractivity contribution in [2.75, 3.05) is 46.2 Å². The number of hydrogen-bond acceptors (Lipinski definition) is 4. The van der Waals surface area contributed by atoms with E-state index in [4.69, 9.17) is 0 Å². The van der Waals surface area contributed by atoms with Gasteiger partial charge in [-0.2, -0.15) is 0 Å². The van der Waals surface area contributed by atoms with Crippen molar-refractivity contribution in [1.29, 1.82) is 0 Å². The van der Waals surface area contributed by atoms with Gasteiger partial charge < -0.3 is 5.32 Å². The van der Waals surface area contributed by atoms with Crippen LogP contribution in [0.25, 0.3) is 0 Å². The summed E-state index contributed by atoms with van der Waals surface area (Å²) in [6.45, 7) is 10.7. The van der Waals surface area contributed by atoms with Crippen molar-refractivity contribution in [3.05, 3.63) is 0 Å². The molecule has 0 unspecified atom stereocenters. The molecule has 0 aromatic heterocycles. The van der Waals surface area contributed by atoms with Gasteiger partial charge >= 0.3 is 0 Å². The van der Waals surface area contributed by atoms with Gasteiger partial charge in [0.05, 0.1) is 25.5 Å². The highest BCUT2D eigenvalue weighted by Gasteiger charge is 2.47. The number of nitrogens with zero attached hydrogens (tertiary/aromatic N) is 3. The van der Waals surface area contributed by atoms with Crippen LogP contribution in [0.2, 0.25) is 0 Å². The fourth-order valence-corrected chi connectivity index (χ4v) is 3.27. The first-order valence-electron chi connectivity index (χ1n) is 5.72. The van der Waals surface area contributed by atoms with Gasteiger partial charge in [-0.25, -0.2) is 0 Å². The summed E-state index contributed by atoms with van der Waals surface area (Å²) < 4.78 is 0. The molecule has 4 aliphatic rings. The molecule has 0 saturated carbocycles. The molecule has 0 aliphatic carbocycles. The third kappa shape index (κ3) is 1.37. The van der Waals surface area contributed by atoms with Crippen molar-refractivity contribution in [1.82, 2.24) is 20.0 Å². The fraction of sp³-hybridized carbons (Fsp3) is 1.00. The second-order valence-corrected chi connectivity index (χ2v) is 5.12. The van der Waals surface area contributed by atoms with Crippen LogP contribution >= 0.6 is 0 Å². The van der Waals surface area contributed by atoms with Crippen LogP contribution in [0.3, 0.4) is 0 Å². The number of rotatable bonds is 3. The molecule has 4 rings (SSSR count). The summed E-state index contributed by atoms with van der Waals surface area (Å²) in [6.07, 6.45) is 1.24. The van der Waals surface area contributed by atoms with Gasteiger partial charge in [-0.1, -0.05) is 6.92 Å². The first-order valence-corrected chi connectivity index (χ1v) is 5.72. The van der Waals surface area contributed by atoms with E-state index in [0.717, 1.165) is 6.54 Å². The second-order valence-electron chi connectivity index (χ2n) is 5.12. The van der Waals surface area contributed by atoms with E-state index in [0.29, 0.717) is 5.54 Å². The Labute approximate surface area is 85.8 Å². The minimum absolute atomic E-state index is 0.380. The molecule has 0 spiro atoms. The van der Waals surface area contributed by atoms with Crippen LogP contribution in [-0.2, 0) is 0 Å². The molecule has 4 heterocycles. The van der Waals surface area contributed by atoms with Crippen LogP contribution in [0.5, 0.6) is 0 Å². The Bertz CT molecular complexity index is 193. The maximum atomic E-state index is 3.75. The van der Waals surface area contributed by atoms with Crippen LogP contribution in [0.1, 0.15) is 13.3 Å². The highest BCUT2D eigenvalue weighted by atomic mass is 15.6. The quantitative estimate of drug-likeness (QED) is 0.659. The highest BCUT2D eigenvalue weighted by molar-refractivity contribution is 5.05. The number of nitrogens with one attached hydrogen (secondary N) is 1. The van der Waals surface area contributed by atoms with Gasteiger partial charge in [0.1, 0.15) is 0 Å². The summed E-state index contributed by atoms with van der Waals surface area (Å²) in [5.74, 6) is 0. The van der Waals surface area contributed by atoms with Crippen LogP contribution in [0.15, 0.2) is 0 Å². The van der Waals surface area contributed by atoms with Gasteiger partial charge in [0, 0.05) is 19.6 Å². The lowest BCUT2D eigenvalue weighted by atomic mass is 9.91. The molecule has 0 aromatic rings. The molecule has 4 bridgehead atoms. The Kier molecular flexibility index (Phi) is 2.06. The van der Waals surface area contributed by atoms with E-state index in [1.165, 1.54) is 46.1 Å². The first kappa shape index (κ1) is 9.09. The third-order valence-corrected chi connectivity index (χ3v) is 3.53. The second kappa shape index (κ2) is 3.17. The molecular weight excluding hydrogens is 176 g/mol. The van der Waals surface area contributed by atoms with Gasteiger partial charge in [0.15, 0.2) is 0 Å². The maximum absolute atomic E-state index is 3.75. The van der Waals surface area contributed by atoms with Crippen LogP contribution < -0.4 is 5.32 Å².